The van der Waals surface area contributed by atoms with E-state index < -0.39 is 5.60 Å². The summed E-state index contributed by atoms with van der Waals surface area (Å²) in [7, 11) is 1.60. The molecule has 1 aliphatic heterocycles. The summed E-state index contributed by atoms with van der Waals surface area (Å²) in [6.45, 7) is 11.4. The van der Waals surface area contributed by atoms with Gasteiger partial charge in [0, 0.05) is 56.3 Å². The maximum absolute atomic E-state index is 12.6. The third-order valence-corrected chi connectivity index (χ3v) is 5.09. The number of carbonyl (C=O) groups excluding carboxylic acids is 2. The van der Waals surface area contributed by atoms with E-state index in [-0.39, 0.29) is 12.0 Å². The maximum Gasteiger partial charge on any atom is 0.410 e. The van der Waals surface area contributed by atoms with Crippen LogP contribution >= 0.6 is 0 Å². The monoisotopic (exact) mass is 417 g/mol. The minimum Gasteiger partial charge on any atom is -0.497 e. The van der Waals surface area contributed by atoms with Crippen molar-refractivity contribution in [2.75, 3.05) is 46.4 Å². The molecule has 0 radical (unpaired) electrons. The van der Waals surface area contributed by atoms with E-state index in [1.807, 2.05) is 39.8 Å². The molecule has 1 aliphatic rings. The molecule has 8 nitrogen and oxygen atoms in total. The summed E-state index contributed by atoms with van der Waals surface area (Å²) in [5, 5.41) is 3.83. The van der Waals surface area contributed by atoms with Crippen molar-refractivity contribution < 1.29 is 23.5 Å². The molecule has 1 saturated heterocycles. The van der Waals surface area contributed by atoms with Crippen LogP contribution in [-0.2, 0) is 4.74 Å². The van der Waals surface area contributed by atoms with Crippen molar-refractivity contribution in [2.24, 2.45) is 0 Å². The average molecular weight is 418 g/mol. The number of hydrogen-bond donors (Lipinski definition) is 1. The van der Waals surface area contributed by atoms with Gasteiger partial charge in [0.2, 0.25) is 0 Å². The minimum absolute atomic E-state index is 0.227. The van der Waals surface area contributed by atoms with Crippen molar-refractivity contribution in [3.05, 3.63) is 29.5 Å². The Labute approximate surface area is 177 Å². The Morgan fingerprint density at radius 2 is 1.87 bits per heavy atom. The molecular formula is C22H31N3O5. The number of aryl methyl sites for hydroxylation is 1. The molecule has 1 N–H and O–H groups in total. The van der Waals surface area contributed by atoms with Gasteiger partial charge in [0.05, 0.1) is 7.11 Å². The van der Waals surface area contributed by atoms with Gasteiger partial charge in [-0.05, 0) is 39.8 Å². The Kier molecular flexibility index (Phi) is 6.55. The first-order valence-corrected chi connectivity index (χ1v) is 10.2. The molecule has 0 aliphatic carbocycles. The summed E-state index contributed by atoms with van der Waals surface area (Å²) < 4.78 is 16.4. The van der Waals surface area contributed by atoms with Crippen LogP contribution in [-0.4, -0.2) is 73.8 Å². The number of carbonyl (C=O) groups is 2. The summed E-state index contributed by atoms with van der Waals surface area (Å²) in [6, 6.07) is 5.53. The lowest BCUT2D eigenvalue weighted by atomic mass is 10.1. The van der Waals surface area contributed by atoms with Gasteiger partial charge in [-0.15, -0.1) is 0 Å². The van der Waals surface area contributed by atoms with Crippen LogP contribution in [0.5, 0.6) is 5.75 Å². The summed E-state index contributed by atoms with van der Waals surface area (Å²) in [6.07, 6.45) is -0.271. The highest BCUT2D eigenvalue weighted by Crippen LogP contribution is 2.28. The van der Waals surface area contributed by atoms with Crippen LogP contribution in [0.3, 0.4) is 0 Å². The van der Waals surface area contributed by atoms with E-state index in [0.717, 1.165) is 24.0 Å². The standard InChI is InChI=1S/C22H31N3O5/c1-15-17-7-6-16(28-5)14-18(17)29-19(15)20(26)23-8-9-24-10-12-25(13-11-24)21(27)30-22(2,3)4/h6-7,14H,8-13H2,1-5H3,(H,23,26). The molecule has 1 aromatic carbocycles. The first-order chi connectivity index (χ1) is 14.2. The van der Waals surface area contributed by atoms with Gasteiger partial charge in [-0.2, -0.15) is 0 Å². The lowest BCUT2D eigenvalue weighted by Gasteiger charge is -2.35. The average Bonchev–Trinajstić information content (AvgIpc) is 3.03. The van der Waals surface area contributed by atoms with Gasteiger partial charge in [-0.25, -0.2) is 4.79 Å². The molecule has 2 amide bonds. The normalized spacial score (nSPS) is 15.3. The van der Waals surface area contributed by atoms with E-state index in [1.54, 1.807) is 18.1 Å². The molecule has 1 fully saturated rings. The van der Waals surface area contributed by atoms with Gasteiger partial charge in [0.25, 0.3) is 5.91 Å². The zero-order chi connectivity index (χ0) is 21.9. The Hall–Kier alpha value is -2.74. The smallest absolute Gasteiger partial charge is 0.410 e. The first-order valence-electron chi connectivity index (χ1n) is 10.2. The summed E-state index contributed by atoms with van der Waals surface area (Å²) in [4.78, 5) is 28.7. The fourth-order valence-corrected chi connectivity index (χ4v) is 3.44. The van der Waals surface area contributed by atoms with Gasteiger partial charge >= 0.3 is 6.09 Å². The van der Waals surface area contributed by atoms with Crippen molar-refractivity contribution >= 4 is 23.0 Å². The summed E-state index contributed by atoms with van der Waals surface area (Å²) in [5.74, 6) is 0.789. The van der Waals surface area contributed by atoms with E-state index in [0.29, 0.717) is 43.3 Å². The third kappa shape index (κ3) is 5.24. The van der Waals surface area contributed by atoms with Gasteiger partial charge in [0.15, 0.2) is 5.76 Å². The molecule has 3 rings (SSSR count). The SMILES string of the molecule is COc1ccc2c(C)c(C(=O)NCCN3CCN(C(=O)OC(C)(C)C)CC3)oc2c1. The molecule has 0 bridgehead atoms. The van der Waals surface area contributed by atoms with E-state index in [9.17, 15) is 9.59 Å². The number of benzene rings is 1. The number of fused-ring (bicyclic) bond motifs is 1. The quantitative estimate of drug-likeness (QED) is 0.805. The van der Waals surface area contributed by atoms with Gasteiger partial charge in [-0.1, -0.05) is 0 Å². The van der Waals surface area contributed by atoms with Crippen molar-refractivity contribution in [1.29, 1.82) is 0 Å². The topological polar surface area (TPSA) is 84.2 Å². The van der Waals surface area contributed by atoms with Gasteiger partial charge < -0.3 is 24.1 Å². The minimum atomic E-state index is -0.488. The van der Waals surface area contributed by atoms with Crippen molar-refractivity contribution in [2.45, 2.75) is 33.3 Å². The number of methoxy groups -OCH3 is 1. The van der Waals surface area contributed by atoms with E-state index >= 15 is 0 Å². The molecule has 0 saturated carbocycles. The number of piperazine rings is 1. The van der Waals surface area contributed by atoms with Crippen LogP contribution < -0.4 is 10.1 Å². The van der Waals surface area contributed by atoms with Crippen LogP contribution in [0.25, 0.3) is 11.0 Å². The molecule has 8 heteroatoms. The van der Waals surface area contributed by atoms with E-state index in [4.69, 9.17) is 13.9 Å². The Bertz CT molecular complexity index is 907. The number of hydrogen-bond acceptors (Lipinski definition) is 6. The number of furan rings is 1. The van der Waals surface area contributed by atoms with Crippen molar-refractivity contribution in [3.63, 3.8) is 0 Å². The Morgan fingerprint density at radius 1 is 1.17 bits per heavy atom. The fourth-order valence-electron chi connectivity index (χ4n) is 3.44. The molecule has 1 aromatic heterocycles. The number of nitrogens with one attached hydrogen (secondary N) is 1. The zero-order valence-corrected chi connectivity index (χ0v) is 18.4. The molecule has 164 valence electrons. The number of amides is 2. The third-order valence-electron chi connectivity index (χ3n) is 5.09. The largest absolute Gasteiger partial charge is 0.497 e. The number of nitrogens with zero attached hydrogens (tertiary/aromatic N) is 2. The highest BCUT2D eigenvalue weighted by Gasteiger charge is 2.26. The zero-order valence-electron chi connectivity index (χ0n) is 18.4. The van der Waals surface area contributed by atoms with Crippen LogP contribution in [0, 0.1) is 6.92 Å². The van der Waals surface area contributed by atoms with Crippen LogP contribution in [0.2, 0.25) is 0 Å². The number of rotatable bonds is 5. The Balaban J connectivity index is 1.47. The van der Waals surface area contributed by atoms with Gasteiger partial charge in [-0.3, -0.25) is 9.69 Å². The molecule has 2 aromatic rings. The van der Waals surface area contributed by atoms with Crippen LogP contribution in [0.4, 0.5) is 4.79 Å². The second-order valence-corrected chi connectivity index (χ2v) is 8.48. The Morgan fingerprint density at radius 3 is 2.50 bits per heavy atom. The molecule has 30 heavy (non-hydrogen) atoms. The molecule has 0 atom stereocenters. The number of ether oxygens (including phenoxy) is 2. The summed E-state index contributed by atoms with van der Waals surface area (Å²) in [5.41, 5.74) is 0.963. The second-order valence-electron chi connectivity index (χ2n) is 8.48. The summed E-state index contributed by atoms with van der Waals surface area (Å²) >= 11 is 0. The predicted octanol–water partition coefficient (Wildman–Crippen LogP) is 3.03. The highest BCUT2D eigenvalue weighted by molar-refractivity contribution is 5.99. The molecule has 0 unspecified atom stereocenters. The molecule has 0 spiro atoms. The molecule has 2 heterocycles. The van der Waals surface area contributed by atoms with Crippen molar-refractivity contribution in [3.8, 4) is 5.75 Å². The maximum atomic E-state index is 12.6. The van der Waals surface area contributed by atoms with Crippen LogP contribution in [0.1, 0.15) is 36.9 Å². The van der Waals surface area contributed by atoms with Gasteiger partial charge in [0.1, 0.15) is 16.9 Å². The van der Waals surface area contributed by atoms with E-state index in [1.165, 1.54) is 0 Å². The lowest BCUT2D eigenvalue weighted by molar-refractivity contribution is 0.0147. The lowest BCUT2D eigenvalue weighted by Crippen LogP contribution is -2.51. The van der Waals surface area contributed by atoms with Crippen LogP contribution in [0.15, 0.2) is 22.6 Å². The highest BCUT2D eigenvalue weighted by atomic mass is 16.6. The molecular weight excluding hydrogens is 386 g/mol. The first kappa shape index (κ1) is 22.0. The van der Waals surface area contributed by atoms with E-state index in [2.05, 4.69) is 10.2 Å². The predicted molar refractivity (Wildman–Crippen MR) is 114 cm³/mol. The fraction of sp³-hybridized carbons (Fsp3) is 0.545. The van der Waals surface area contributed by atoms with Crippen molar-refractivity contribution in [1.82, 2.24) is 15.1 Å². The second kappa shape index (κ2) is 8.95.